The molecule has 4 N–H and O–H groups in total. The number of rotatable bonds is 3. The Morgan fingerprint density at radius 2 is 2.15 bits per heavy atom. The lowest BCUT2D eigenvalue weighted by Gasteiger charge is -2.17. The molecule has 2 atom stereocenters. The molecule has 2 aromatic rings. The van der Waals surface area contributed by atoms with Crippen LogP contribution < -0.4 is 16.3 Å². The number of carbonyl (C=O) groups excluding carboxylic acids is 1. The predicted octanol–water partition coefficient (Wildman–Crippen LogP) is 0.785. The summed E-state index contributed by atoms with van der Waals surface area (Å²) in [4.78, 5) is 28.7. The molecule has 0 saturated carbocycles. The summed E-state index contributed by atoms with van der Waals surface area (Å²) >= 11 is 0. The molecule has 0 radical (unpaired) electrons. The van der Waals surface area contributed by atoms with Crippen LogP contribution in [0.4, 0.5) is 0 Å². The van der Waals surface area contributed by atoms with Gasteiger partial charge in [0.05, 0.1) is 23.1 Å². The maximum atomic E-state index is 12.1. The highest BCUT2D eigenvalue weighted by Gasteiger charge is 2.23. The number of hydrogen-bond donors (Lipinski definition) is 4. The molecule has 1 aliphatic heterocycles. The van der Waals surface area contributed by atoms with Crippen LogP contribution >= 0.6 is 0 Å². The summed E-state index contributed by atoms with van der Waals surface area (Å²) < 4.78 is 0. The minimum atomic E-state index is -0.219. The van der Waals surface area contributed by atoms with Gasteiger partial charge in [-0.05, 0) is 44.0 Å². The fraction of sp³-hybridized carbons (Fsp3) is 0.429. The van der Waals surface area contributed by atoms with Gasteiger partial charge in [0.2, 0.25) is 5.91 Å². The van der Waals surface area contributed by atoms with Gasteiger partial charge < -0.3 is 20.6 Å². The van der Waals surface area contributed by atoms with E-state index in [0.717, 1.165) is 36.0 Å². The third kappa shape index (κ3) is 2.46. The van der Waals surface area contributed by atoms with Crippen LogP contribution in [0, 0.1) is 0 Å². The van der Waals surface area contributed by atoms with Gasteiger partial charge in [-0.1, -0.05) is 6.07 Å². The Morgan fingerprint density at radius 1 is 1.35 bits per heavy atom. The van der Waals surface area contributed by atoms with Crippen LogP contribution in [0.3, 0.4) is 0 Å². The van der Waals surface area contributed by atoms with E-state index in [1.807, 2.05) is 25.1 Å². The van der Waals surface area contributed by atoms with E-state index >= 15 is 0 Å². The van der Waals surface area contributed by atoms with Crippen LogP contribution in [0.15, 0.2) is 23.0 Å². The lowest BCUT2D eigenvalue weighted by Crippen LogP contribution is -2.41. The molecule has 1 saturated heterocycles. The second-order valence-corrected chi connectivity index (χ2v) is 5.26. The number of aromatic nitrogens is 2. The molecule has 0 aliphatic carbocycles. The highest BCUT2D eigenvalue weighted by molar-refractivity contribution is 5.82. The minimum Gasteiger partial charge on any atom is -0.348 e. The first-order valence-electron chi connectivity index (χ1n) is 6.89. The van der Waals surface area contributed by atoms with Gasteiger partial charge in [-0.2, -0.15) is 0 Å². The fourth-order valence-electron chi connectivity index (χ4n) is 2.63. The zero-order valence-electron chi connectivity index (χ0n) is 11.3. The monoisotopic (exact) mass is 274 g/mol. The molecule has 1 aliphatic rings. The number of benzene rings is 1. The number of hydrogen-bond acceptors (Lipinski definition) is 3. The zero-order chi connectivity index (χ0) is 14.1. The summed E-state index contributed by atoms with van der Waals surface area (Å²) in [7, 11) is 0. The number of nitrogens with one attached hydrogen (secondary N) is 4. The van der Waals surface area contributed by atoms with E-state index in [1.54, 1.807) is 0 Å². The van der Waals surface area contributed by atoms with Gasteiger partial charge >= 0.3 is 5.69 Å². The van der Waals surface area contributed by atoms with Crippen molar-refractivity contribution in [1.82, 2.24) is 20.6 Å². The van der Waals surface area contributed by atoms with Gasteiger partial charge in [0.1, 0.15) is 0 Å². The summed E-state index contributed by atoms with van der Waals surface area (Å²) in [5, 5.41) is 6.19. The third-order valence-electron chi connectivity index (χ3n) is 3.78. The Bertz CT molecular complexity index is 682. The quantitative estimate of drug-likeness (QED) is 0.667. The smallest absolute Gasteiger partial charge is 0.323 e. The highest BCUT2D eigenvalue weighted by Crippen LogP contribution is 2.17. The summed E-state index contributed by atoms with van der Waals surface area (Å²) in [6.07, 6.45) is 1.94. The van der Waals surface area contributed by atoms with Crippen LogP contribution in [-0.2, 0) is 4.79 Å². The van der Waals surface area contributed by atoms with Crippen molar-refractivity contribution in [1.29, 1.82) is 0 Å². The SMILES string of the molecule is CC(NC(=O)[C@H]1CCCN1)c1ccc2[nH]c(=O)[nH]c2c1. The van der Waals surface area contributed by atoms with Gasteiger partial charge in [0.25, 0.3) is 0 Å². The van der Waals surface area contributed by atoms with Crippen molar-refractivity contribution in [2.24, 2.45) is 0 Å². The zero-order valence-corrected chi connectivity index (χ0v) is 11.3. The van der Waals surface area contributed by atoms with Crippen molar-refractivity contribution in [2.45, 2.75) is 31.8 Å². The molecule has 6 nitrogen and oxygen atoms in total. The molecule has 6 heteroatoms. The van der Waals surface area contributed by atoms with E-state index in [1.165, 1.54) is 0 Å². The third-order valence-corrected chi connectivity index (χ3v) is 3.78. The lowest BCUT2D eigenvalue weighted by molar-refractivity contribution is -0.123. The normalized spacial score (nSPS) is 20.1. The number of carbonyl (C=O) groups is 1. The first kappa shape index (κ1) is 12.9. The molecule has 1 aromatic heterocycles. The highest BCUT2D eigenvalue weighted by atomic mass is 16.2. The first-order valence-corrected chi connectivity index (χ1v) is 6.89. The Labute approximate surface area is 116 Å². The van der Waals surface area contributed by atoms with Crippen molar-refractivity contribution >= 4 is 16.9 Å². The predicted molar refractivity (Wildman–Crippen MR) is 76.5 cm³/mol. The maximum Gasteiger partial charge on any atom is 0.323 e. The molecular weight excluding hydrogens is 256 g/mol. The Kier molecular flexibility index (Phi) is 3.31. The Morgan fingerprint density at radius 3 is 2.90 bits per heavy atom. The lowest BCUT2D eigenvalue weighted by atomic mass is 10.1. The molecule has 0 spiro atoms. The van der Waals surface area contributed by atoms with Crippen LogP contribution in [0.25, 0.3) is 11.0 Å². The Balaban J connectivity index is 1.75. The molecule has 106 valence electrons. The molecule has 2 heterocycles. The van der Waals surface area contributed by atoms with Crippen LogP contribution in [0.5, 0.6) is 0 Å². The van der Waals surface area contributed by atoms with Gasteiger partial charge in [-0.3, -0.25) is 4.79 Å². The van der Waals surface area contributed by atoms with Crippen molar-refractivity contribution in [2.75, 3.05) is 6.54 Å². The fourth-order valence-corrected chi connectivity index (χ4v) is 2.63. The largest absolute Gasteiger partial charge is 0.348 e. The second kappa shape index (κ2) is 5.13. The minimum absolute atomic E-state index is 0.0395. The van der Waals surface area contributed by atoms with E-state index in [0.29, 0.717) is 0 Å². The average Bonchev–Trinajstić information content (AvgIpc) is 3.05. The van der Waals surface area contributed by atoms with Crippen molar-refractivity contribution in [3.8, 4) is 0 Å². The summed E-state index contributed by atoms with van der Waals surface area (Å²) in [5.74, 6) is 0.0395. The number of aromatic amines is 2. The summed E-state index contributed by atoms with van der Waals surface area (Å²) in [6.45, 7) is 2.85. The topological polar surface area (TPSA) is 89.8 Å². The molecule has 1 fully saturated rings. The van der Waals surface area contributed by atoms with E-state index in [-0.39, 0.29) is 23.7 Å². The molecular formula is C14H18N4O2. The van der Waals surface area contributed by atoms with Gasteiger partial charge in [0, 0.05) is 0 Å². The number of H-pyrrole nitrogens is 2. The molecule has 1 unspecified atom stereocenters. The van der Waals surface area contributed by atoms with Gasteiger partial charge in [-0.25, -0.2) is 4.79 Å². The molecule has 1 amide bonds. The summed E-state index contributed by atoms with van der Waals surface area (Å²) in [5.41, 5.74) is 2.28. The Hall–Kier alpha value is -2.08. The summed E-state index contributed by atoms with van der Waals surface area (Å²) in [6, 6.07) is 5.49. The number of amides is 1. The molecule has 3 rings (SSSR count). The van der Waals surface area contributed by atoms with Crippen LogP contribution in [-0.4, -0.2) is 28.5 Å². The van der Waals surface area contributed by atoms with Gasteiger partial charge in [-0.15, -0.1) is 0 Å². The number of imidazole rings is 1. The first-order chi connectivity index (χ1) is 9.63. The average molecular weight is 274 g/mol. The van der Waals surface area contributed by atoms with E-state index < -0.39 is 0 Å². The molecule has 20 heavy (non-hydrogen) atoms. The van der Waals surface area contributed by atoms with E-state index in [4.69, 9.17) is 0 Å². The van der Waals surface area contributed by atoms with Crippen LogP contribution in [0.2, 0.25) is 0 Å². The number of fused-ring (bicyclic) bond motifs is 1. The van der Waals surface area contributed by atoms with E-state index in [9.17, 15) is 9.59 Å². The van der Waals surface area contributed by atoms with Crippen molar-refractivity contribution in [3.63, 3.8) is 0 Å². The standard InChI is InChI=1S/C14H18N4O2/c1-8(16-13(19)11-3-2-6-15-11)9-4-5-10-12(7-9)18-14(20)17-10/h4-5,7-8,11,15H,2-3,6H2,1H3,(H,16,19)(H2,17,18,20)/t8?,11-/m1/s1. The van der Waals surface area contributed by atoms with Crippen molar-refractivity contribution < 1.29 is 4.79 Å². The molecule has 1 aromatic carbocycles. The van der Waals surface area contributed by atoms with E-state index in [2.05, 4.69) is 20.6 Å². The van der Waals surface area contributed by atoms with Crippen molar-refractivity contribution in [3.05, 3.63) is 34.2 Å². The second-order valence-electron chi connectivity index (χ2n) is 5.26. The maximum absolute atomic E-state index is 12.1. The van der Waals surface area contributed by atoms with Gasteiger partial charge in [0.15, 0.2) is 0 Å². The molecule has 0 bridgehead atoms. The van der Waals surface area contributed by atoms with Crippen LogP contribution in [0.1, 0.15) is 31.4 Å².